The molecule has 0 bridgehead atoms. The molecule has 0 aromatic heterocycles. The first-order chi connectivity index (χ1) is 9.66. The molecule has 0 aliphatic carbocycles. The van der Waals surface area contributed by atoms with E-state index >= 15 is 0 Å². The van der Waals surface area contributed by atoms with Gasteiger partial charge in [-0.2, -0.15) is 0 Å². The Bertz CT molecular complexity index is 656. The maximum absolute atomic E-state index is 11.3. The van der Waals surface area contributed by atoms with Crippen LogP contribution in [0.2, 0.25) is 0 Å². The average molecular weight is 269 g/mol. The minimum absolute atomic E-state index is 0.396. The molecule has 0 aliphatic heterocycles. The Morgan fingerprint density at radius 2 is 1.80 bits per heavy atom. The van der Waals surface area contributed by atoms with E-state index in [1.165, 1.54) is 10.8 Å². The van der Waals surface area contributed by atoms with Gasteiger partial charge in [0.05, 0.1) is 0 Å². The van der Waals surface area contributed by atoms with Crippen LogP contribution in [0.1, 0.15) is 5.56 Å². The van der Waals surface area contributed by atoms with E-state index in [1.807, 2.05) is 36.4 Å². The summed E-state index contributed by atoms with van der Waals surface area (Å²) in [4.78, 5) is 21.6. The first kappa shape index (κ1) is 13.8. The van der Waals surface area contributed by atoms with Crippen molar-refractivity contribution < 1.29 is 14.7 Å². The topological polar surface area (TPSA) is 66.4 Å². The number of amides is 1. The molecule has 0 heterocycles. The molecule has 2 rings (SSSR count). The van der Waals surface area contributed by atoms with Crippen molar-refractivity contribution in [3.05, 3.63) is 60.2 Å². The number of carbonyl (C=O) groups is 2. The van der Waals surface area contributed by atoms with Crippen LogP contribution in [-0.2, 0) is 16.0 Å². The van der Waals surface area contributed by atoms with Crippen molar-refractivity contribution in [1.29, 1.82) is 0 Å². The van der Waals surface area contributed by atoms with Crippen molar-refractivity contribution in [2.24, 2.45) is 0 Å². The smallest absolute Gasteiger partial charge is 0.328 e. The van der Waals surface area contributed by atoms with Crippen molar-refractivity contribution in [3.63, 3.8) is 0 Å². The van der Waals surface area contributed by atoms with Gasteiger partial charge in [-0.25, -0.2) is 4.79 Å². The number of hydrogen-bond donors (Lipinski definition) is 2. The van der Waals surface area contributed by atoms with E-state index in [1.54, 1.807) is 0 Å². The van der Waals surface area contributed by atoms with Gasteiger partial charge < -0.3 is 10.4 Å². The Morgan fingerprint density at radius 3 is 2.60 bits per heavy atom. The van der Waals surface area contributed by atoms with E-state index in [9.17, 15) is 9.59 Å². The Kier molecular flexibility index (Phi) is 4.50. The number of carboxylic acids is 1. The molecule has 0 atom stereocenters. The molecule has 0 unspecified atom stereocenters. The minimum Gasteiger partial charge on any atom is -0.478 e. The summed E-state index contributed by atoms with van der Waals surface area (Å²) in [5.41, 5.74) is 1.16. The van der Waals surface area contributed by atoms with Crippen LogP contribution >= 0.6 is 0 Å². The van der Waals surface area contributed by atoms with Crippen LogP contribution < -0.4 is 5.32 Å². The molecule has 2 aromatic carbocycles. The van der Waals surface area contributed by atoms with Crippen molar-refractivity contribution in [3.8, 4) is 0 Å². The number of carboxylic acid groups (broad SMARTS) is 1. The second-order valence-electron chi connectivity index (χ2n) is 4.35. The fourth-order valence-electron chi connectivity index (χ4n) is 2.04. The van der Waals surface area contributed by atoms with E-state index in [0.717, 1.165) is 17.7 Å². The summed E-state index contributed by atoms with van der Waals surface area (Å²) in [7, 11) is 0. The second kappa shape index (κ2) is 6.52. The van der Waals surface area contributed by atoms with Gasteiger partial charge in [-0.3, -0.25) is 4.79 Å². The first-order valence-electron chi connectivity index (χ1n) is 6.32. The largest absolute Gasteiger partial charge is 0.478 e. The van der Waals surface area contributed by atoms with Gasteiger partial charge in [0.2, 0.25) is 5.91 Å². The molecular weight excluding hydrogens is 254 g/mol. The molecule has 0 radical (unpaired) electrons. The number of fused-ring (bicyclic) bond motifs is 1. The lowest BCUT2D eigenvalue weighted by atomic mass is 10.0. The van der Waals surface area contributed by atoms with Crippen LogP contribution in [0, 0.1) is 0 Å². The second-order valence-corrected chi connectivity index (χ2v) is 4.35. The van der Waals surface area contributed by atoms with Crippen LogP contribution in [0.4, 0.5) is 0 Å². The van der Waals surface area contributed by atoms with Gasteiger partial charge in [0.25, 0.3) is 0 Å². The van der Waals surface area contributed by atoms with E-state index < -0.39 is 11.9 Å². The maximum Gasteiger partial charge on any atom is 0.328 e. The number of carbonyl (C=O) groups excluding carboxylic acids is 1. The Labute approximate surface area is 116 Å². The van der Waals surface area contributed by atoms with Crippen LogP contribution in [-0.4, -0.2) is 23.5 Å². The lowest BCUT2D eigenvalue weighted by Gasteiger charge is -2.06. The average Bonchev–Trinajstić information content (AvgIpc) is 2.45. The molecule has 0 fully saturated rings. The molecule has 0 saturated heterocycles. The summed E-state index contributed by atoms with van der Waals surface area (Å²) in [6.45, 7) is 0.469. The fraction of sp³-hybridized carbons (Fsp3) is 0.125. The Morgan fingerprint density at radius 1 is 1.05 bits per heavy atom. The van der Waals surface area contributed by atoms with Crippen LogP contribution in [0.3, 0.4) is 0 Å². The van der Waals surface area contributed by atoms with Crippen molar-refractivity contribution in [2.75, 3.05) is 6.54 Å². The highest BCUT2D eigenvalue weighted by molar-refractivity contribution is 5.93. The van der Waals surface area contributed by atoms with E-state index in [2.05, 4.69) is 11.4 Å². The standard InChI is InChI=1S/C16H15NO3/c18-15(8-9-16(19)20)17-11-10-13-6-3-5-12-4-1-2-7-14(12)13/h1-9H,10-11H2,(H,17,18)(H,19,20)/b9-8+. The van der Waals surface area contributed by atoms with Gasteiger partial charge in [-0.05, 0) is 22.8 Å². The fourth-order valence-corrected chi connectivity index (χ4v) is 2.04. The molecule has 20 heavy (non-hydrogen) atoms. The summed E-state index contributed by atoms with van der Waals surface area (Å²) in [5, 5.41) is 13.4. The van der Waals surface area contributed by atoms with E-state index in [-0.39, 0.29) is 0 Å². The van der Waals surface area contributed by atoms with Crippen LogP contribution in [0.25, 0.3) is 10.8 Å². The summed E-state index contributed by atoms with van der Waals surface area (Å²) in [5.74, 6) is -1.53. The van der Waals surface area contributed by atoms with E-state index in [0.29, 0.717) is 13.0 Å². The summed E-state index contributed by atoms with van der Waals surface area (Å²) in [6.07, 6.45) is 2.55. The Balaban J connectivity index is 1.96. The van der Waals surface area contributed by atoms with Crippen molar-refractivity contribution >= 4 is 22.6 Å². The molecule has 2 N–H and O–H groups in total. The normalized spacial score (nSPS) is 10.8. The van der Waals surface area contributed by atoms with Crippen molar-refractivity contribution in [1.82, 2.24) is 5.32 Å². The van der Waals surface area contributed by atoms with Gasteiger partial charge in [0.1, 0.15) is 0 Å². The third kappa shape index (κ3) is 3.68. The van der Waals surface area contributed by atoms with Crippen LogP contribution in [0.5, 0.6) is 0 Å². The molecule has 0 aliphatic rings. The van der Waals surface area contributed by atoms with Gasteiger partial charge in [0, 0.05) is 18.7 Å². The number of nitrogens with one attached hydrogen (secondary N) is 1. The highest BCUT2D eigenvalue weighted by atomic mass is 16.4. The van der Waals surface area contributed by atoms with Gasteiger partial charge >= 0.3 is 5.97 Å². The van der Waals surface area contributed by atoms with Crippen LogP contribution in [0.15, 0.2) is 54.6 Å². The zero-order chi connectivity index (χ0) is 14.4. The molecule has 1 amide bonds. The lowest BCUT2D eigenvalue weighted by molar-refractivity contribution is -0.131. The number of hydrogen-bond acceptors (Lipinski definition) is 2. The quantitative estimate of drug-likeness (QED) is 0.817. The zero-order valence-electron chi connectivity index (χ0n) is 10.9. The molecule has 2 aromatic rings. The third-order valence-corrected chi connectivity index (χ3v) is 2.95. The Hall–Kier alpha value is -2.62. The predicted molar refractivity (Wildman–Crippen MR) is 77.4 cm³/mol. The number of rotatable bonds is 5. The predicted octanol–water partition coefficient (Wildman–Crippen LogP) is 2.14. The summed E-state index contributed by atoms with van der Waals surface area (Å²) >= 11 is 0. The highest BCUT2D eigenvalue weighted by Gasteiger charge is 2.01. The molecule has 4 nitrogen and oxygen atoms in total. The van der Waals surface area contributed by atoms with Gasteiger partial charge in [-0.15, -0.1) is 0 Å². The van der Waals surface area contributed by atoms with E-state index in [4.69, 9.17) is 5.11 Å². The monoisotopic (exact) mass is 269 g/mol. The zero-order valence-corrected chi connectivity index (χ0v) is 10.9. The maximum atomic E-state index is 11.3. The molecular formula is C16H15NO3. The summed E-state index contributed by atoms with van der Waals surface area (Å²) in [6, 6.07) is 14.1. The molecule has 0 saturated carbocycles. The highest BCUT2D eigenvalue weighted by Crippen LogP contribution is 2.18. The molecule has 102 valence electrons. The van der Waals surface area contributed by atoms with Crippen molar-refractivity contribution in [2.45, 2.75) is 6.42 Å². The SMILES string of the molecule is O=C(O)/C=C/C(=O)NCCc1cccc2ccccc12. The number of benzene rings is 2. The lowest BCUT2D eigenvalue weighted by Crippen LogP contribution is -2.23. The molecule has 0 spiro atoms. The minimum atomic E-state index is -1.13. The molecule has 4 heteroatoms. The number of aliphatic carboxylic acids is 1. The third-order valence-electron chi connectivity index (χ3n) is 2.95. The first-order valence-corrected chi connectivity index (χ1v) is 6.32. The van der Waals surface area contributed by atoms with Gasteiger partial charge in [0.15, 0.2) is 0 Å². The van der Waals surface area contributed by atoms with Gasteiger partial charge in [-0.1, -0.05) is 42.5 Å². The summed E-state index contributed by atoms with van der Waals surface area (Å²) < 4.78 is 0.